The Kier molecular flexibility index (Phi) is 3.98. The summed E-state index contributed by atoms with van der Waals surface area (Å²) in [6.07, 6.45) is 0. The Bertz CT molecular complexity index is 962. The van der Waals surface area contributed by atoms with E-state index >= 15 is 0 Å². The van der Waals surface area contributed by atoms with Crippen molar-refractivity contribution in [3.63, 3.8) is 0 Å². The van der Waals surface area contributed by atoms with Crippen LogP contribution in [0.5, 0.6) is 5.75 Å². The normalized spacial score (nSPS) is 10.7. The van der Waals surface area contributed by atoms with Crippen LogP contribution in [0.25, 0.3) is 0 Å². The van der Waals surface area contributed by atoms with E-state index in [4.69, 9.17) is 23.2 Å². The fraction of sp³-hybridized carbons (Fsp3) is 0. The molecule has 0 fully saturated rings. The number of rotatable bonds is 4. The highest BCUT2D eigenvalue weighted by Gasteiger charge is 2.22. The molecular formula is C16H10Cl2N2O3. The summed E-state index contributed by atoms with van der Waals surface area (Å²) in [5, 5.41) is 15.9. The van der Waals surface area contributed by atoms with Gasteiger partial charge in [-0.3, -0.25) is 9.59 Å². The molecule has 0 spiro atoms. The fourth-order valence-corrected chi connectivity index (χ4v) is 2.43. The molecule has 23 heavy (non-hydrogen) atoms. The van der Waals surface area contributed by atoms with Crippen molar-refractivity contribution < 1.29 is 5.11 Å². The van der Waals surface area contributed by atoms with Gasteiger partial charge >= 0.3 is 0 Å². The first-order valence-electron chi connectivity index (χ1n) is 6.58. The molecule has 0 saturated heterocycles. The van der Waals surface area contributed by atoms with E-state index in [1.165, 1.54) is 6.07 Å². The van der Waals surface area contributed by atoms with Crippen molar-refractivity contribution in [1.29, 1.82) is 0 Å². The minimum atomic E-state index is -0.672. The van der Waals surface area contributed by atoms with E-state index in [9.17, 15) is 14.7 Å². The molecule has 3 rings (SSSR count). The Labute approximate surface area is 140 Å². The summed E-state index contributed by atoms with van der Waals surface area (Å²) in [4.78, 5) is 23.6. The van der Waals surface area contributed by atoms with Crippen LogP contribution in [-0.4, -0.2) is 5.11 Å². The standard InChI is InChI=1S/C16H10Cl2N2O3/c17-8-4-3-6-10(12(8)18)20-14-13(15(22)16(14)23)19-9-5-1-2-7-11(9)21/h1-7,19-21H. The van der Waals surface area contributed by atoms with Crippen molar-refractivity contribution in [3.8, 4) is 5.75 Å². The van der Waals surface area contributed by atoms with Crippen LogP contribution < -0.4 is 21.5 Å². The third-order valence-corrected chi connectivity index (χ3v) is 4.10. The van der Waals surface area contributed by atoms with Gasteiger partial charge in [0.1, 0.15) is 17.1 Å². The van der Waals surface area contributed by atoms with Crippen LogP contribution in [-0.2, 0) is 0 Å². The van der Waals surface area contributed by atoms with Crippen molar-refractivity contribution in [2.24, 2.45) is 0 Å². The molecule has 0 unspecified atom stereocenters. The van der Waals surface area contributed by atoms with E-state index in [2.05, 4.69) is 10.6 Å². The summed E-state index contributed by atoms with van der Waals surface area (Å²) in [5.41, 5.74) is -0.478. The largest absolute Gasteiger partial charge is 0.506 e. The maximum atomic E-state index is 11.8. The Balaban J connectivity index is 1.95. The van der Waals surface area contributed by atoms with Crippen molar-refractivity contribution in [3.05, 3.63) is 73.0 Å². The van der Waals surface area contributed by atoms with Gasteiger partial charge in [0.2, 0.25) is 0 Å². The minimum Gasteiger partial charge on any atom is -0.506 e. The Morgan fingerprint density at radius 2 is 1.35 bits per heavy atom. The molecule has 0 heterocycles. The highest BCUT2D eigenvalue weighted by Crippen LogP contribution is 2.34. The van der Waals surface area contributed by atoms with Crippen molar-refractivity contribution in [1.82, 2.24) is 0 Å². The number of phenolic OH excluding ortho intramolecular Hbond substituents is 1. The van der Waals surface area contributed by atoms with E-state index in [-0.39, 0.29) is 22.1 Å². The van der Waals surface area contributed by atoms with E-state index < -0.39 is 10.9 Å². The van der Waals surface area contributed by atoms with E-state index in [0.29, 0.717) is 16.4 Å². The number of hydrogen-bond acceptors (Lipinski definition) is 5. The number of hydrogen-bond donors (Lipinski definition) is 3. The molecule has 116 valence electrons. The molecule has 0 atom stereocenters. The van der Waals surface area contributed by atoms with E-state index in [0.717, 1.165) is 0 Å². The van der Waals surface area contributed by atoms with Crippen LogP contribution in [0.2, 0.25) is 10.0 Å². The van der Waals surface area contributed by atoms with Gasteiger partial charge in [-0.25, -0.2) is 0 Å². The monoisotopic (exact) mass is 348 g/mol. The maximum Gasteiger partial charge on any atom is 0.253 e. The van der Waals surface area contributed by atoms with Gasteiger partial charge in [0.05, 0.1) is 21.4 Å². The summed E-state index contributed by atoms with van der Waals surface area (Å²) in [6, 6.07) is 11.3. The predicted molar refractivity (Wildman–Crippen MR) is 92.5 cm³/mol. The summed E-state index contributed by atoms with van der Waals surface area (Å²) in [7, 11) is 0. The first-order valence-corrected chi connectivity index (χ1v) is 7.34. The number of para-hydroxylation sites is 2. The first-order chi connectivity index (χ1) is 11.0. The lowest BCUT2D eigenvalue weighted by atomic mass is 10.1. The predicted octanol–water partition coefficient (Wildman–Crippen LogP) is 3.78. The van der Waals surface area contributed by atoms with Gasteiger partial charge in [-0.2, -0.15) is 0 Å². The molecule has 5 nitrogen and oxygen atoms in total. The third-order valence-electron chi connectivity index (χ3n) is 3.29. The Hall–Kier alpha value is -2.50. The lowest BCUT2D eigenvalue weighted by Gasteiger charge is -2.16. The molecule has 0 saturated carbocycles. The molecular weight excluding hydrogens is 339 g/mol. The topological polar surface area (TPSA) is 78.4 Å². The van der Waals surface area contributed by atoms with Crippen molar-refractivity contribution >= 4 is 46.0 Å². The molecule has 3 aromatic carbocycles. The summed E-state index contributed by atoms with van der Waals surface area (Å²) < 4.78 is 0. The molecule has 0 amide bonds. The van der Waals surface area contributed by atoms with Crippen LogP contribution >= 0.6 is 23.2 Å². The molecule has 0 aliphatic heterocycles. The summed E-state index contributed by atoms with van der Waals surface area (Å²) >= 11 is 12.0. The number of aromatic hydroxyl groups is 1. The zero-order valence-corrected chi connectivity index (χ0v) is 13.1. The quantitative estimate of drug-likeness (QED) is 0.494. The van der Waals surface area contributed by atoms with Gasteiger partial charge in [0.15, 0.2) is 0 Å². The molecule has 7 heteroatoms. The van der Waals surface area contributed by atoms with Gasteiger partial charge in [-0.1, -0.05) is 41.4 Å². The smallest absolute Gasteiger partial charge is 0.253 e. The van der Waals surface area contributed by atoms with E-state index in [1.807, 2.05) is 0 Å². The van der Waals surface area contributed by atoms with Gasteiger partial charge in [0.25, 0.3) is 10.9 Å². The van der Waals surface area contributed by atoms with Gasteiger partial charge in [0, 0.05) is 0 Å². The lowest BCUT2D eigenvalue weighted by Crippen LogP contribution is -2.35. The molecule has 0 aliphatic carbocycles. The van der Waals surface area contributed by atoms with Gasteiger partial charge < -0.3 is 15.7 Å². The Morgan fingerprint density at radius 1 is 0.783 bits per heavy atom. The second kappa shape index (κ2) is 5.95. The van der Waals surface area contributed by atoms with E-state index in [1.54, 1.807) is 36.4 Å². The van der Waals surface area contributed by atoms with Crippen LogP contribution in [0.1, 0.15) is 0 Å². The summed E-state index contributed by atoms with van der Waals surface area (Å²) in [6.45, 7) is 0. The van der Waals surface area contributed by atoms with Crippen molar-refractivity contribution in [2.45, 2.75) is 0 Å². The van der Waals surface area contributed by atoms with Crippen molar-refractivity contribution in [2.75, 3.05) is 10.6 Å². The average Bonchev–Trinajstić information content (AvgIpc) is 2.55. The zero-order valence-electron chi connectivity index (χ0n) is 11.6. The number of benzene rings is 2. The molecule has 0 radical (unpaired) electrons. The fourth-order valence-electron chi connectivity index (χ4n) is 2.08. The average molecular weight is 349 g/mol. The van der Waals surface area contributed by atoms with Gasteiger partial charge in [-0.15, -0.1) is 0 Å². The molecule has 0 aliphatic rings. The Morgan fingerprint density at radius 3 is 2.00 bits per heavy atom. The highest BCUT2D eigenvalue weighted by molar-refractivity contribution is 6.43. The second-order valence-corrected chi connectivity index (χ2v) is 5.56. The number of phenols is 1. The number of nitrogens with one attached hydrogen (secondary N) is 2. The number of halogens is 2. The van der Waals surface area contributed by atoms with Crippen LogP contribution in [0.15, 0.2) is 52.1 Å². The molecule has 3 aromatic rings. The second-order valence-electron chi connectivity index (χ2n) is 4.78. The zero-order chi connectivity index (χ0) is 16.6. The lowest BCUT2D eigenvalue weighted by molar-refractivity contribution is 0.478. The van der Waals surface area contributed by atoms with Crippen LogP contribution in [0.4, 0.5) is 22.7 Å². The SMILES string of the molecule is O=c1c(Nc2ccccc2O)c(Nc2cccc(Cl)c2Cl)c1=O. The first kappa shape index (κ1) is 15.4. The summed E-state index contributed by atoms with van der Waals surface area (Å²) in [5.74, 6) is -0.0349. The highest BCUT2D eigenvalue weighted by atomic mass is 35.5. The molecule has 3 N–H and O–H groups in total. The third kappa shape index (κ3) is 2.76. The molecule has 0 aromatic heterocycles. The minimum absolute atomic E-state index is 0.0349. The molecule has 0 bridgehead atoms. The number of anilines is 4. The maximum absolute atomic E-state index is 11.8. The van der Waals surface area contributed by atoms with Crippen LogP contribution in [0.3, 0.4) is 0 Å². The van der Waals surface area contributed by atoms with Crippen LogP contribution in [0, 0.1) is 0 Å². The van der Waals surface area contributed by atoms with Gasteiger partial charge in [-0.05, 0) is 24.3 Å².